The Kier molecular flexibility index (Phi) is 7.05. The third-order valence-electron chi connectivity index (χ3n) is 7.26. The average molecular weight is 484 g/mol. The minimum atomic E-state index is -1.86. The van der Waals surface area contributed by atoms with Gasteiger partial charge in [0.15, 0.2) is 5.60 Å². The van der Waals surface area contributed by atoms with E-state index in [2.05, 4.69) is 69.1 Å². The lowest BCUT2D eigenvalue weighted by Crippen LogP contribution is -2.51. The van der Waals surface area contributed by atoms with E-state index in [1.165, 1.54) is 11.3 Å². The molecule has 4 rings (SSSR count). The van der Waals surface area contributed by atoms with Crippen molar-refractivity contribution in [3.63, 3.8) is 0 Å². The molecule has 1 heterocycles. The molecule has 0 saturated carbocycles. The molecule has 0 aliphatic carbocycles. The van der Waals surface area contributed by atoms with Crippen LogP contribution in [0.2, 0.25) is 0 Å². The molecular formula is C31H37N3O2. The summed E-state index contributed by atoms with van der Waals surface area (Å²) >= 11 is 0. The van der Waals surface area contributed by atoms with Gasteiger partial charge in [0, 0.05) is 17.3 Å². The monoisotopic (exact) mass is 483 g/mol. The van der Waals surface area contributed by atoms with Gasteiger partial charge < -0.3 is 10.0 Å². The molecule has 2 N–H and O–H groups in total. The number of aryl methyl sites for hydroxylation is 1. The Morgan fingerprint density at radius 3 is 2.17 bits per heavy atom. The maximum Gasteiger partial charge on any atom is 0.281 e. The molecule has 1 aliphatic heterocycles. The molecule has 1 aliphatic rings. The second kappa shape index (κ2) is 9.90. The summed E-state index contributed by atoms with van der Waals surface area (Å²) in [4.78, 5) is 15.8. The Morgan fingerprint density at radius 2 is 1.64 bits per heavy atom. The minimum absolute atomic E-state index is 0.0793. The second-order valence-corrected chi connectivity index (χ2v) is 10.8. The zero-order valence-electron chi connectivity index (χ0n) is 22.1. The Balaban J connectivity index is 1.64. The topological polar surface area (TPSA) is 64.9 Å². The van der Waals surface area contributed by atoms with E-state index in [0.717, 1.165) is 17.5 Å². The molecule has 3 aromatic carbocycles. The first kappa shape index (κ1) is 25.6. The summed E-state index contributed by atoms with van der Waals surface area (Å²) in [6, 6.07) is 22.7. The van der Waals surface area contributed by atoms with Gasteiger partial charge in [0.25, 0.3) is 5.91 Å². The molecule has 188 valence electrons. The number of carbonyl (C=O) groups excluding carboxylic acids is 1. The van der Waals surface area contributed by atoms with Crippen LogP contribution in [0.1, 0.15) is 74.8 Å². The van der Waals surface area contributed by atoms with Crippen molar-refractivity contribution in [1.82, 2.24) is 5.43 Å². The number of carbonyl (C=O) groups is 1. The van der Waals surface area contributed by atoms with Gasteiger partial charge in [-0.3, -0.25) is 4.79 Å². The summed E-state index contributed by atoms with van der Waals surface area (Å²) in [7, 11) is 0. The molecule has 0 spiro atoms. The Labute approximate surface area is 214 Å². The first-order valence-corrected chi connectivity index (χ1v) is 12.7. The van der Waals surface area contributed by atoms with Gasteiger partial charge in [-0.2, -0.15) is 5.10 Å². The molecule has 5 nitrogen and oxygen atoms in total. The molecular weight excluding hydrogens is 446 g/mol. The van der Waals surface area contributed by atoms with E-state index in [4.69, 9.17) is 0 Å². The lowest BCUT2D eigenvalue weighted by molar-refractivity contribution is -0.136. The van der Waals surface area contributed by atoms with E-state index in [1.807, 2.05) is 12.1 Å². The highest BCUT2D eigenvalue weighted by Crippen LogP contribution is 2.45. The van der Waals surface area contributed by atoms with Crippen LogP contribution in [0, 0.1) is 6.92 Å². The van der Waals surface area contributed by atoms with Crippen molar-refractivity contribution in [2.75, 3.05) is 4.90 Å². The molecule has 1 amide bonds. The normalized spacial score (nSPS) is 17.3. The number of hydrogen-bond donors (Lipinski definition) is 2. The van der Waals surface area contributed by atoms with Crippen molar-refractivity contribution in [2.24, 2.45) is 5.10 Å². The zero-order valence-corrected chi connectivity index (χ0v) is 22.1. The number of aliphatic hydroxyl groups is 1. The number of amides is 1. The highest BCUT2D eigenvalue weighted by molar-refractivity contribution is 5.91. The van der Waals surface area contributed by atoms with Gasteiger partial charge >= 0.3 is 0 Å². The first-order valence-electron chi connectivity index (χ1n) is 12.7. The number of nitrogens with one attached hydrogen (secondary N) is 1. The zero-order chi connectivity index (χ0) is 26.1. The van der Waals surface area contributed by atoms with Gasteiger partial charge in [0.05, 0.1) is 6.21 Å². The summed E-state index contributed by atoms with van der Waals surface area (Å²) in [5.74, 6) is -0.193. The SMILES string of the molecule is Cc1cc2c(cc1/C=N\NC(=O)C(O)(c1ccccc1)c1ccccc1)[C@H](C)CC(C)(C)N2C(C)C. The maximum absolute atomic E-state index is 13.3. The highest BCUT2D eigenvalue weighted by Gasteiger charge is 2.40. The van der Waals surface area contributed by atoms with Crippen LogP contribution in [0.15, 0.2) is 77.9 Å². The quantitative estimate of drug-likeness (QED) is 0.340. The lowest BCUT2D eigenvalue weighted by atomic mass is 9.78. The summed E-state index contributed by atoms with van der Waals surface area (Å²) in [5.41, 5.74) is 6.40. The summed E-state index contributed by atoms with van der Waals surface area (Å²) in [6.45, 7) is 13.4. The van der Waals surface area contributed by atoms with Crippen LogP contribution in [0.5, 0.6) is 0 Å². The van der Waals surface area contributed by atoms with E-state index >= 15 is 0 Å². The molecule has 3 aromatic rings. The largest absolute Gasteiger partial charge is 0.372 e. The fourth-order valence-electron chi connectivity index (χ4n) is 5.76. The van der Waals surface area contributed by atoms with Crippen molar-refractivity contribution in [3.8, 4) is 0 Å². The Bertz CT molecular complexity index is 1210. The molecule has 0 radical (unpaired) electrons. The Hall–Kier alpha value is -3.44. The highest BCUT2D eigenvalue weighted by atomic mass is 16.3. The molecule has 0 aromatic heterocycles. The molecule has 1 atom stereocenters. The summed E-state index contributed by atoms with van der Waals surface area (Å²) < 4.78 is 0. The number of nitrogens with zero attached hydrogens (tertiary/aromatic N) is 2. The van der Waals surface area contributed by atoms with Gasteiger partial charge in [-0.05, 0) is 86.9 Å². The van der Waals surface area contributed by atoms with Crippen LogP contribution >= 0.6 is 0 Å². The van der Waals surface area contributed by atoms with Crippen molar-refractivity contribution >= 4 is 17.8 Å². The van der Waals surface area contributed by atoms with Gasteiger partial charge in [-0.15, -0.1) is 0 Å². The average Bonchev–Trinajstić information content (AvgIpc) is 2.84. The second-order valence-electron chi connectivity index (χ2n) is 10.8. The molecule has 5 heteroatoms. The molecule has 36 heavy (non-hydrogen) atoms. The van der Waals surface area contributed by atoms with E-state index in [1.54, 1.807) is 54.7 Å². The van der Waals surface area contributed by atoms with Crippen LogP contribution in [-0.4, -0.2) is 28.8 Å². The van der Waals surface area contributed by atoms with E-state index in [-0.39, 0.29) is 5.54 Å². The fraction of sp³-hybridized carbons (Fsp3) is 0.355. The standard InChI is InChI=1S/C31H37N3O2/c1-21(2)34-28-17-22(3)24(18-27(28)23(4)19-30(34,5)6)20-32-33-29(35)31(36,25-13-9-7-10-14-25)26-15-11-8-12-16-26/h7-18,20-21,23,36H,19H2,1-6H3,(H,33,35)/b32-20-/t23-/m1/s1. The number of fused-ring (bicyclic) bond motifs is 1. The van der Waals surface area contributed by atoms with Crippen LogP contribution in [0.3, 0.4) is 0 Å². The number of hydrogen-bond acceptors (Lipinski definition) is 4. The molecule has 0 unspecified atom stereocenters. The lowest BCUT2D eigenvalue weighted by Gasteiger charge is -2.50. The van der Waals surface area contributed by atoms with Crippen molar-refractivity contribution in [1.29, 1.82) is 0 Å². The van der Waals surface area contributed by atoms with Gasteiger partial charge in [-0.1, -0.05) is 67.6 Å². The minimum Gasteiger partial charge on any atom is -0.372 e. The van der Waals surface area contributed by atoms with Gasteiger partial charge in [-0.25, -0.2) is 5.43 Å². The first-order chi connectivity index (χ1) is 17.1. The van der Waals surface area contributed by atoms with Crippen LogP contribution in [0.4, 0.5) is 5.69 Å². The fourth-order valence-corrected chi connectivity index (χ4v) is 5.76. The van der Waals surface area contributed by atoms with E-state index in [0.29, 0.717) is 23.1 Å². The van der Waals surface area contributed by atoms with Crippen molar-refractivity contribution in [2.45, 2.75) is 71.1 Å². The van der Waals surface area contributed by atoms with Crippen LogP contribution in [0.25, 0.3) is 0 Å². The van der Waals surface area contributed by atoms with E-state index in [9.17, 15) is 9.90 Å². The predicted octanol–water partition coefficient (Wildman–Crippen LogP) is 5.88. The number of rotatable bonds is 6. The number of hydrazone groups is 1. The third kappa shape index (κ3) is 4.68. The van der Waals surface area contributed by atoms with Crippen molar-refractivity contribution in [3.05, 3.63) is 101 Å². The maximum atomic E-state index is 13.3. The van der Waals surface area contributed by atoms with Gasteiger partial charge in [0.2, 0.25) is 0 Å². The number of anilines is 1. The Morgan fingerprint density at radius 1 is 1.08 bits per heavy atom. The predicted molar refractivity (Wildman–Crippen MR) is 148 cm³/mol. The summed E-state index contributed by atoms with van der Waals surface area (Å²) in [5, 5.41) is 15.9. The molecule has 0 fully saturated rings. The molecule has 0 saturated heterocycles. The smallest absolute Gasteiger partial charge is 0.281 e. The summed E-state index contributed by atoms with van der Waals surface area (Å²) in [6.07, 6.45) is 2.74. The van der Waals surface area contributed by atoms with Crippen molar-refractivity contribution < 1.29 is 9.90 Å². The third-order valence-corrected chi connectivity index (χ3v) is 7.26. The van der Waals surface area contributed by atoms with E-state index < -0.39 is 11.5 Å². The van der Waals surface area contributed by atoms with Crippen LogP contribution in [-0.2, 0) is 10.4 Å². The number of benzene rings is 3. The van der Waals surface area contributed by atoms with Gasteiger partial charge in [0.1, 0.15) is 0 Å². The van der Waals surface area contributed by atoms with Crippen LogP contribution < -0.4 is 10.3 Å². The molecule has 0 bridgehead atoms.